The summed E-state index contributed by atoms with van der Waals surface area (Å²) in [6.45, 7) is 3.25. The molecule has 3 rings (SSSR count). The highest BCUT2D eigenvalue weighted by Gasteiger charge is 2.01. The van der Waals surface area contributed by atoms with Crippen molar-refractivity contribution in [2.24, 2.45) is 0 Å². The minimum absolute atomic E-state index is 0.233. The van der Waals surface area contributed by atoms with Crippen molar-refractivity contribution >= 4 is 5.69 Å². The second-order valence-corrected chi connectivity index (χ2v) is 5.73. The van der Waals surface area contributed by atoms with Gasteiger partial charge in [-0.1, -0.05) is 42.5 Å². The summed E-state index contributed by atoms with van der Waals surface area (Å²) >= 11 is 0. The number of hydrogen-bond donors (Lipinski definition) is 1. The molecule has 0 saturated heterocycles. The lowest BCUT2D eigenvalue weighted by molar-refractivity contribution is 0.306. The molecule has 0 atom stereocenters. The van der Waals surface area contributed by atoms with Crippen molar-refractivity contribution in [3.63, 3.8) is 0 Å². The molecule has 3 heteroatoms. The lowest BCUT2D eigenvalue weighted by Gasteiger charge is -2.11. The van der Waals surface area contributed by atoms with E-state index in [4.69, 9.17) is 4.74 Å². The Hall–Kier alpha value is -2.81. The Morgan fingerprint density at radius 3 is 2.46 bits per heavy atom. The number of para-hydroxylation sites is 1. The zero-order valence-electron chi connectivity index (χ0n) is 13.6. The van der Waals surface area contributed by atoms with E-state index in [1.807, 2.05) is 30.3 Å². The van der Waals surface area contributed by atoms with Crippen molar-refractivity contribution in [3.05, 3.63) is 95.3 Å². The van der Waals surface area contributed by atoms with Gasteiger partial charge in [0, 0.05) is 12.2 Å². The third-order valence-electron chi connectivity index (χ3n) is 3.85. The van der Waals surface area contributed by atoms with E-state index < -0.39 is 0 Å². The van der Waals surface area contributed by atoms with E-state index in [-0.39, 0.29) is 5.82 Å². The van der Waals surface area contributed by atoms with Crippen molar-refractivity contribution in [1.82, 2.24) is 0 Å². The van der Waals surface area contributed by atoms with Gasteiger partial charge in [0.1, 0.15) is 18.2 Å². The van der Waals surface area contributed by atoms with Crippen LogP contribution in [0.2, 0.25) is 0 Å². The second-order valence-electron chi connectivity index (χ2n) is 5.73. The van der Waals surface area contributed by atoms with Crippen molar-refractivity contribution in [2.75, 3.05) is 5.32 Å². The number of hydrogen-bond acceptors (Lipinski definition) is 2. The molecular weight excluding hydrogens is 301 g/mol. The molecule has 3 aromatic carbocycles. The molecule has 3 aromatic rings. The molecule has 0 aliphatic rings. The number of ether oxygens (including phenoxy) is 1. The van der Waals surface area contributed by atoms with Gasteiger partial charge in [-0.2, -0.15) is 0 Å². The highest BCUT2D eigenvalue weighted by Crippen LogP contribution is 2.18. The van der Waals surface area contributed by atoms with Gasteiger partial charge in [-0.05, 0) is 53.9 Å². The van der Waals surface area contributed by atoms with Gasteiger partial charge in [0.15, 0.2) is 0 Å². The van der Waals surface area contributed by atoms with Gasteiger partial charge in [0.25, 0.3) is 0 Å². The third-order valence-corrected chi connectivity index (χ3v) is 3.85. The van der Waals surface area contributed by atoms with E-state index in [0.29, 0.717) is 6.61 Å². The molecule has 0 aromatic heterocycles. The summed E-state index contributed by atoms with van der Waals surface area (Å²) in [5.41, 5.74) is 4.45. The monoisotopic (exact) mass is 321 g/mol. The first kappa shape index (κ1) is 16.1. The number of rotatable bonds is 6. The summed E-state index contributed by atoms with van der Waals surface area (Å²) in [5.74, 6) is 0.575. The van der Waals surface area contributed by atoms with Crippen molar-refractivity contribution in [3.8, 4) is 5.75 Å². The maximum atomic E-state index is 12.9. The first-order valence-corrected chi connectivity index (χ1v) is 7.96. The Kier molecular flexibility index (Phi) is 5.12. The van der Waals surface area contributed by atoms with Crippen LogP contribution >= 0.6 is 0 Å². The molecular formula is C21H20FNO. The van der Waals surface area contributed by atoms with Crippen molar-refractivity contribution in [2.45, 2.75) is 20.1 Å². The second kappa shape index (κ2) is 7.64. The standard InChI is InChI=1S/C21H20FNO/c1-16-5-2-3-8-21(16)23-14-18-6-4-7-20(13-18)24-15-17-9-11-19(22)12-10-17/h2-13,23H,14-15H2,1H3. The number of halogens is 1. The quantitative estimate of drug-likeness (QED) is 0.663. The van der Waals surface area contributed by atoms with Crippen LogP contribution in [-0.4, -0.2) is 0 Å². The van der Waals surface area contributed by atoms with Gasteiger partial charge < -0.3 is 10.1 Å². The van der Waals surface area contributed by atoms with Gasteiger partial charge in [0.2, 0.25) is 0 Å². The number of anilines is 1. The Balaban J connectivity index is 1.59. The van der Waals surface area contributed by atoms with Crippen LogP contribution in [0.15, 0.2) is 72.8 Å². The molecule has 0 saturated carbocycles. The molecule has 0 unspecified atom stereocenters. The first-order valence-electron chi connectivity index (χ1n) is 7.96. The summed E-state index contributed by atoms with van der Waals surface area (Å²) < 4.78 is 18.7. The highest BCUT2D eigenvalue weighted by atomic mass is 19.1. The van der Waals surface area contributed by atoms with Crippen LogP contribution in [0, 0.1) is 12.7 Å². The van der Waals surface area contributed by atoms with E-state index in [1.165, 1.54) is 17.7 Å². The molecule has 122 valence electrons. The molecule has 0 amide bonds. The molecule has 24 heavy (non-hydrogen) atoms. The lowest BCUT2D eigenvalue weighted by Crippen LogP contribution is -2.01. The van der Waals surface area contributed by atoms with E-state index in [9.17, 15) is 4.39 Å². The molecule has 0 fully saturated rings. The Morgan fingerprint density at radius 2 is 1.67 bits per heavy atom. The van der Waals surface area contributed by atoms with Gasteiger partial charge in [0.05, 0.1) is 0 Å². The van der Waals surface area contributed by atoms with Crippen LogP contribution in [-0.2, 0) is 13.2 Å². The summed E-state index contributed by atoms with van der Waals surface area (Å²) in [4.78, 5) is 0. The SMILES string of the molecule is Cc1ccccc1NCc1cccc(OCc2ccc(F)cc2)c1. The zero-order valence-corrected chi connectivity index (χ0v) is 13.6. The van der Waals surface area contributed by atoms with Crippen LogP contribution in [0.25, 0.3) is 0 Å². The Labute approximate surface area is 141 Å². The molecule has 1 N–H and O–H groups in total. The zero-order chi connectivity index (χ0) is 16.8. The van der Waals surface area contributed by atoms with Crippen molar-refractivity contribution < 1.29 is 9.13 Å². The molecule has 2 nitrogen and oxygen atoms in total. The average molecular weight is 321 g/mol. The van der Waals surface area contributed by atoms with E-state index in [2.05, 4.69) is 30.4 Å². The minimum Gasteiger partial charge on any atom is -0.489 e. The summed E-state index contributed by atoms with van der Waals surface area (Å²) in [6, 6.07) is 22.6. The molecule has 0 spiro atoms. The van der Waals surface area contributed by atoms with Gasteiger partial charge in [-0.25, -0.2) is 4.39 Å². The predicted octanol–water partition coefficient (Wildman–Crippen LogP) is 5.33. The van der Waals surface area contributed by atoms with Crippen LogP contribution in [0.5, 0.6) is 5.75 Å². The van der Waals surface area contributed by atoms with Crippen LogP contribution in [0.3, 0.4) is 0 Å². The largest absolute Gasteiger partial charge is 0.489 e. The van der Waals surface area contributed by atoms with E-state index >= 15 is 0 Å². The third kappa shape index (κ3) is 4.35. The van der Waals surface area contributed by atoms with Crippen LogP contribution in [0.1, 0.15) is 16.7 Å². The van der Waals surface area contributed by atoms with Crippen LogP contribution < -0.4 is 10.1 Å². The fourth-order valence-corrected chi connectivity index (χ4v) is 2.46. The maximum absolute atomic E-state index is 12.9. The van der Waals surface area contributed by atoms with Gasteiger partial charge in [-0.15, -0.1) is 0 Å². The summed E-state index contributed by atoms with van der Waals surface area (Å²) in [5, 5.41) is 3.44. The Morgan fingerprint density at radius 1 is 0.875 bits per heavy atom. The number of aryl methyl sites for hydroxylation is 1. The fraction of sp³-hybridized carbons (Fsp3) is 0.143. The number of benzene rings is 3. The normalized spacial score (nSPS) is 10.4. The smallest absolute Gasteiger partial charge is 0.123 e. The van der Waals surface area contributed by atoms with Crippen LogP contribution in [0.4, 0.5) is 10.1 Å². The predicted molar refractivity (Wildman–Crippen MR) is 95.7 cm³/mol. The minimum atomic E-state index is -0.233. The van der Waals surface area contributed by atoms with E-state index in [0.717, 1.165) is 29.1 Å². The van der Waals surface area contributed by atoms with Crippen molar-refractivity contribution in [1.29, 1.82) is 0 Å². The topological polar surface area (TPSA) is 21.3 Å². The summed E-state index contributed by atoms with van der Waals surface area (Å²) in [7, 11) is 0. The maximum Gasteiger partial charge on any atom is 0.123 e. The first-order chi connectivity index (χ1) is 11.7. The van der Waals surface area contributed by atoms with E-state index in [1.54, 1.807) is 12.1 Å². The molecule has 0 aliphatic heterocycles. The lowest BCUT2D eigenvalue weighted by atomic mass is 10.1. The van der Waals surface area contributed by atoms with Gasteiger partial charge in [-0.3, -0.25) is 0 Å². The number of nitrogens with one attached hydrogen (secondary N) is 1. The molecule has 0 radical (unpaired) electrons. The van der Waals surface area contributed by atoms with Gasteiger partial charge >= 0.3 is 0 Å². The molecule has 0 aliphatic carbocycles. The fourth-order valence-electron chi connectivity index (χ4n) is 2.46. The Bertz CT molecular complexity index is 799. The average Bonchev–Trinajstić information content (AvgIpc) is 2.61. The molecule has 0 heterocycles. The highest BCUT2D eigenvalue weighted by molar-refractivity contribution is 5.50. The summed E-state index contributed by atoms with van der Waals surface area (Å²) in [6.07, 6.45) is 0. The molecule has 0 bridgehead atoms.